The second kappa shape index (κ2) is 2.81. The highest BCUT2D eigenvalue weighted by atomic mass is 15.0. The first kappa shape index (κ1) is 7.10. The number of aromatic nitrogens is 2. The van der Waals surface area contributed by atoms with Crippen LogP contribution in [0.25, 0.3) is 5.65 Å². The van der Waals surface area contributed by atoms with Gasteiger partial charge in [0.05, 0.1) is 0 Å². The minimum Gasteiger partial charge on any atom is -0.304 e. The molecule has 0 bridgehead atoms. The summed E-state index contributed by atoms with van der Waals surface area (Å²) in [6, 6.07) is 6.09. The van der Waals surface area contributed by atoms with Crippen LogP contribution in [0.4, 0.5) is 0 Å². The van der Waals surface area contributed by atoms with E-state index in [0.29, 0.717) is 0 Å². The van der Waals surface area contributed by atoms with Gasteiger partial charge in [0.1, 0.15) is 5.65 Å². The fourth-order valence-electron chi connectivity index (χ4n) is 1.32. The molecule has 2 rings (SSSR count). The number of allylic oxidation sites excluding steroid dienone is 1. The highest BCUT2D eigenvalue weighted by Crippen LogP contribution is 2.06. The van der Waals surface area contributed by atoms with Crippen molar-refractivity contribution >= 4 is 5.65 Å². The first-order valence-corrected chi connectivity index (χ1v) is 3.93. The van der Waals surface area contributed by atoms with E-state index in [1.54, 1.807) is 0 Å². The highest BCUT2D eigenvalue weighted by molar-refractivity contribution is 5.40. The normalized spacial score (nSPS) is 10.3. The van der Waals surface area contributed by atoms with Crippen LogP contribution in [0, 0.1) is 0 Å². The van der Waals surface area contributed by atoms with Crippen molar-refractivity contribution < 1.29 is 0 Å². The molecule has 0 saturated carbocycles. The van der Waals surface area contributed by atoms with Crippen LogP contribution >= 0.6 is 0 Å². The third kappa shape index (κ3) is 1.01. The predicted molar refractivity (Wildman–Crippen MR) is 49.1 cm³/mol. The molecule has 0 unspecified atom stereocenters. The molecule has 0 fully saturated rings. The zero-order valence-corrected chi connectivity index (χ0v) is 6.77. The average Bonchev–Trinajstić information content (AvgIpc) is 2.53. The Kier molecular flexibility index (Phi) is 1.67. The van der Waals surface area contributed by atoms with Gasteiger partial charge in [-0.1, -0.05) is 12.1 Å². The van der Waals surface area contributed by atoms with Gasteiger partial charge in [-0.25, -0.2) is 4.98 Å². The summed E-state index contributed by atoms with van der Waals surface area (Å²) in [6.07, 6.45) is 6.55. The number of rotatable bonds is 2. The van der Waals surface area contributed by atoms with Crippen molar-refractivity contribution in [3.63, 3.8) is 0 Å². The lowest BCUT2D eigenvalue weighted by atomic mass is 10.2. The van der Waals surface area contributed by atoms with E-state index in [4.69, 9.17) is 0 Å². The fourth-order valence-corrected chi connectivity index (χ4v) is 1.32. The Morgan fingerprint density at radius 3 is 3.25 bits per heavy atom. The Morgan fingerprint density at radius 2 is 2.42 bits per heavy atom. The third-order valence-electron chi connectivity index (χ3n) is 1.87. The topological polar surface area (TPSA) is 17.3 Å². The van der Waals surface area contributed by atoms with E-state index in [0.717, 1.165) is 12.1 Å². The van der Waals surface area contributed by atoms with Gasteiger partial charge in [-0.05, 0) is 12.1 Å². The largest absolute Gasteiger partial charge is 0.304 e. The van der Waals surface area contributed by atoms with Crippen LogP contribution in [-0.4, -0.2) is 9.38 Å². The monoisotopic (exact) mass is 158 g/mol. The van der Waals surface area contributed by atoms with E-state index in [1.807, 2.05) is 30.6 Å². The molecule has 0 radical (unpaired) electrons. The Morgan fingerprint density at radius 1 is 1.50 bits per heavy atom. The van der Waals surface area contributed by atoms with Crippen molar-refractivity contribution in [1.82, 2.24) is 9.38 Å². The minimum absolute atomic E-state index is 0.883. The van der Waals surface area contributed by atoms with E-state index in [9.17, 15) is 0 Å². The number of hydrogen-bond acceptors (Lipinski definition) is 1. The maximum absolute atomic E-state index is 4.19. The first-order chi connectivity index (χ1) is 5.92. The summed E-state index contributed by atoms with van der Waals surface area (Å²) in [5.74, 6) is 0. The van der Waals surface area contributed by atoms with Gasteiger partial charge in [0, 0.05) is 24.5 Å². The molecule has 2 aromatic rings. The lowest BCUT2D eigenvalue weighted by Crippen LogP contribution is -1.92. The van der Waals surface area contributed by atoms with Crippen LogP contribution in [0.2, 0.25) is 0 Å². The minimum atomic E-state index is 0.883. The molecule has 2 nitrogen and oxygen atoms in total. The van der Waals surface area contributed by atoms with Crippen LogP contribution in [0.15, 0.2) is 43.2 Å². The molecule has 2 heteroatoms. The molecule has 0 spiro atoms. The number of fused-ring (bicyclic) bond motifs is 1. The van der Waals surface area contributed by atoms with Gasteiger partial charge in [-0.2, -0.15) is 0 Å². The van der Waals surface area contributed by atoms with Gasteiger partial charge in [-0.15, -0.1) is 6.58 Å². The van der Waals surface area contributed by atoms with Crippen LogP contribution in [-0.2, 0) is 6.42 Å². The number of nitrogens with zero attached hydrogens (tertiary/aromatic N) is 2. The maximum atomic E-state index is 4.19. The lowest BCUT2D eigenvalue weighted by molar-refractivity contribution is 1.03. The standard InChI is InChI=1S/C10H10N2/c1-2-4-9-5-3-6-10-11-7-8-12(9)10/h2-3,5-8H,1,4H2. The van der Waals surface area contributed by atoms with E-state index < -0.39 is 0 Å². The molecule has 0 saturated heterocycles. The number of pyridine rings is 1. The van der Waals surface area contributed by atoms with Crippen LogP contribution < -0.4 is 0 Å². The zero-order valence-electron chi connectivity index (χ0n) is 6.77. The summed E-state index contributed by atoms with van der Waals surface area (Å²) in [4.78, 5) is 4.19. The van der Waals surface area contributed by atoms with E-state index >= 15 is 0 Å². The van der Waals surface area contributed by atoms with Crippen molar-refractivity contribution in [3.05, 3.63) is 48.9 Å². The SMILES string of the molecule is C=CCc1cccc2nccn12. The quantitative estimate of drug-likeness (QED) is 0.611. The summed E-state index contributed by atoms with van der Waals surface area (Å²) in [5, 5.41) is 0. The third-order valence-corrected chi connectivity index (χ3v) is 1.87. The van der Waals surface area contributed by atoms with E-state index in [1.165, 1.54) is 5.69 Å². The van der Waals surface area contributed by atoms with Crippen LogP contribution in [0.3, 0.4) is 0 Å². The molecule has 0 aliphatic rings. The van der Waals surface area contributed by atoms with Gasteiger partial charge in [0.15, 0.2) is 0 Å². The number of imidazole rings is 1. The fraction of sp³-hybridized carbons (Fsp3) is 0.100. The van der Waals surface area contributed by atoms with Gasteiger partial charge in [0.25, 0.3) is 0 Å². The average molecular weight is 158 g/mol. The van der Waals surface area contributed by atoms with Crippen LogP contribution in [0.1, 0.15) is 5.69 Å². The van der Waals surface area contributed by atoms with E-state index in [-0.39, 0.29) is 0 Å². The molecule has 0 N–H and O–H groups in total. The van der Waals surface area contributed by atoms with Crippen molar-refractivity contribution in [2.24, 2.45) is 0 Å². The van der Waals surface area contributed by atoms with Gasteiger partial charge < -0.3 is 4.40 Å². The van der Waals surface area contributed by atoms with Gasteiger partial charge in [-0.3, -0.25) is 0 Å². The molecular formula is C10H10N2. The zero-order chi connectivity index (χ0) is 8.39. The molecule has 0 aromatic carbocycles. The summed E-state index contributed by atoms with van der Waals surface area (Å²) >= 11 is 0. The highest BCUT2D eigenvalue weighted by Gasteiger charge is 1.96. The number of hydrogen-bond donors (Lipinski definition) is 0. The summed E-state index contributed by atoms with van der Waals surface area (Å²) in [6.45, 7) is 3.71. The molecular weight excluding hydrogens is 148 g/mol. The molecule has 60 valence electrons. The first-order valence-electron chi connectivity index (χ1n) is 3.93. The lowest BCUT2D eigenvalue weighted by Gasteiger charge is -2.00. The van der Waals surface area contributed by atoms with Gasteiger partial charge >= 0.3 is 0 Å². The molecule has 12 heavy (non-hydrogen) atoms. The van der Waals surface area contributed by atoms with Crippen molar-refractivity contribution in [2.45, 2.75) is 6.42 Å². The maximum Gasteiger partial charge on any atom is 0.136 e. The smallest absolute Gasteiger partial charge is 0.136 e. The molecule has 2 heterocycles. The molecule has 0 atom stereocenters. The molecule has 2 aromatic heterocycles. The second-order valence-electron chi connectivity index (χ2n) is 2.67. The summed E-state index contributed by atoms with van der Waals surface area (Å²) in [7, 11) is 0. The summed E-state index contributed by atoms with van der Waals surface area (Å²) < 4.78 is 2.07. The Bertz CT molecular complexity index is 401. The molecule has 0 amide bonds. The van der Waals surface area contributed by atoms with Gasteiger partial charge in [0.2, 0.25) is 0 Å². The molecule has 0 aliphatic carbocycles. The molecule has 0 aliphatic heterocycles. The van der Waals surface area contributed by atoms with Crippen molar-refractivity contribution in [1.29, 1.82) is 0 Å². The van der Waals surface area contributed by atoms with Crippen LogP contribution in [0.5, 0.6) is 0 Å². The van der Waals surface area contributed by atoms with E-state index in [2.05, 4.69) is 22.0 Å². The Labute approximate surface area is 71.2 Å². The Hall–Kier alpha value is -1.57. The predicted octanol–water partition coefficient (Wildman–Crippen LogP) is 2.06. The second-order valence-corrected chi connectivity index (χ2v) is 2.67. The Balaban J connectivity index is 2.65. The van der Waals surface area contributed by atoms with Crippen molar-refractivity contribution in [2.75, 3.05) is 0 Å². The van der Waals surface area contributed by atoms with Crippen molar-refractivity contribution in [3.8, 4) is 0 Å². The summed E-state index contributed by atoms with van der Waals surface area (Å²) in [5.41, 5.74) is 2.22.